The predicted molar refractivity (Wildman–Crippen MR) is 100 cm³/mol. The fraction of sp³-hybridized carbons (Fsp3) is 0.421. The summed E-state index contributed by atoms with van der Waals surface area (Å²) in [6.45, 7) is 5.14. The first-order valence-electron chi connectivity index (χ1n) is 9.01. The normalized spacial score (nSPS) is 24.9. The van der Waals surface area contributed by atoms with Crippen LogP contribution >= 0.6 is 11.3 Å². The number of hydrogen-bond acceptors (Lipinski definition) is 6. The molecule has 3 aliphatic rings. The standard InChI is InChI=1S/C19H20N4O2S/c1-11-9-20-18(26-11)13-2-3-15-14(8-13)17(22-21-15)19(24)25-16-10-23-6-4-12(16)5-7-23/h2-3,8-9,12,16H,4-7,10H2,1H3,(H,21,22)/t16-/m0/s1. The number of ether oxygens (including phenoxy) is 1. The summed E-state index contributed by atoms with van der Waals surface area (Å²) in [6.07, 6.45) is 4.09. The molecule has 6 rings (SSSR count). The van der Waals surface area contributed by atoms with E-state index in [-0.39, 0.29) is 12.1 Å². The third-order valence-corrected chi connectivity index (χ3v) is 6.44. The van der Waals surface area contributed by atoms with Gasteiger partial charge in [0.15, 0.2) is 5.69 Å². The second-order valence-electron chi connectivity index (χ2n) is 7.19. The van der Waals surface area contributed by atoms with E-state index in [0.717, 1.165) is 58.8 Å². The molecule has 2 bridgehead atoms. The molecule has 6 nitrogen and oxygen atoms in total. The number of nitrogens with one attached hydrogen (secondary N) is 1. The number of rotatable bonds is 3. The summed E-state index contributed by atoms with van der Waals surface area (Å²) in [5.41, 5.74) is 2.20. The Hall–Kier alpha value is -2.25. The summed E-state index contributed by atoms with van der Waals surface area (Å²) < 4.78 is 5.85. The quantitative estimate of drug-likeness (QED) is 0.719. The van der Waals surface area contributed by atoms with Crippen LogP contribution in [0.5, 0.6) is 0 Å². The van der Waals surface area contributed by atoms with Gasteiger partial charge in [-0.2, -0.15) is 5.10 Å². The summed E-state index contributed by atoms with van der Waals surface area (Å²) >= 11 is 1.64. The Labute approximate surface area is 155 Å². The van der Waals surface area contributed by atoms with Crippen molar-refractivity contribution in [2.75, 3.05) is 19.6 Å². The zero-order valence-electron chi connectivity index (χ0n) is 14.6. The lowest BCUT2D eigenvalue weighted by Gasteiger charge is -2.43. The minimum atomic E-state index is -0.331. The number of thiazole rings is 1. The van der Waals surface area contributed by atoms with Crippen molar-refractivity contribution in [1.29, 1.82) is 0 Å². The van der Waals surface area contributed by atoms with E-state index in [0.29, 0.717) is 11.6 Å². The molecule has 0 saturated carbocycles. The smallest absolute Gasteiger partial charge is 0.359 e. The number of carbonyl (C=O) groups excluding carboxylic acids is 1. The van der Waals surface area contributed by atoms with Crippen LogP contribution in [0.2, 0.25) is 0 Å². The van der Waals surface area contributed by atoms with Crippen LogP contribution in [0.4, 0.5) is 0 Å². The van der Waals surface area contributed by atoms with Crippen molar-refractivity contribution >= 4 is 28.2 Å². The Morgan fingerprint density at radius 1 is 1.35 bits per heavy atom. The number of aryl methyl sites for hydroxylation is 1. The summed E-state index contributed by atoms with van der Waals surface area (Å²) in [4.78, 5) is 20.8. The van der Waals surface area contributed by atoms with Crippen molar-refractivity contribution in [2.24, 2.45) is 5.92 Å². The van der Waals surface area contributed by atoms with E-state index in [4.69, 9.17) is 4.74 Å². The molecule has 3 aromatic rings. The average Bonchev–Trinajstić information content (AvgIpc) is 3.28. The highest BCUT2D eigenvalue weighted by atomic mass is 32.1. The Morgan fingerprint density at radius 2 is 2.19 bits per heavy atom. The fourth-order valence-corrected chi connectivity index (χ4v) is 4.79. The van der Waals surface area contributed by atoms with Gasteiger partial charge in [0.25, 0.3) is 0 Å². The lowest BCUT2D eigenvalue weighted by Crippen LogP contribution is -2.51. The van der Waals surface area contributed by atoms with Crippen molar-refractivity contribution in [3.8, 4) is 10.6 Å². The van der Waals surface area contributed by atoms with Gasteiger partial charge in [-0.05, 0) is 57.0 Å². The van der Waals surface area contributed by atoms with Crippen LogP contribution in [0.1, 0.15) is 28.2 Å². The molecule has 3 saturated heterocycles. The molecule has 3 aliphatic heterocycles. The van der Waals surface area contributed by atoms with Gasteiger partial charge in [-0.1, -0.05) is 0 Å². The van der Waals surface area contributed by atoms with E-state index in [2.05, 4.69) is 20.1 Å². The molecule has 7 heteroatoms. The van der Waals surface area contributed by atoms with Crippen LogP contribution in [0.25, 0.3) is 21.5 Å². The molecule has 0 spiro atoms. The average molecular weight is 368 g/mol. The summed E-state index contributed by atoms with van der Waals surface area (Å²) in [5.74, 6) is 0.158. The first-order chi connectivity index (χ1) is 12.7. The summed E-state index contributed by atoms with van der Waals surface area (Å²) in [7, 11) is 0. The van der Waals surface area contributed by atoms with E-state index in [1.165, 1.54) is 0 Å². The van der Waals surface area contributed by atoms with E-state index >= 15 is 0 Å². The highest BCUT2D eigenvalue weighted by Gasteiger charge is 2.37. The summed E-state index contributed by atoms with van der Waals surface area (Å²) in [6, 6.07) is 5.92. The second-order valence-corrected chi connectivity index (χ2v) is 8.43. The van der Waals surface area contributed by atoms with Crippen LogP contribution in [0.3, 0.4) is 0 Å². The Balaban J connectivity index is 1.43. The van der Waals surface area contributed by atoms with Gasteiger partial charge in [-0.25, -0.2) is 9.78 Å². The zero-order chi connectivity index (χ0) is 17.7. The molecule has 5 heterocycles. The van der Waals surface area contributed by atoms with Crippen molar-refractivity contribution in [3.63, 3.8) is 0 Å². The molecule has 0 amide bonds. The van der Waals surface area contributed by atoms with Gasteiger partial charge in [-0.15, -0.1) is 11.3 Å². The highest BCUT2D eigenvalue weighted by Crippen LogP contribution is 2.32. The van der Waals surface area contributed by atoms with Gasteiger partial charge in [-0.3, -0.25) is 10.00 Å². The van der Waals surface area contributed by atoms with Gasteiger partial charge in [0.05, 0.1) is 5.52 Å². The number of piperidine rings is 3. The van der Waals surface area contributed by atoms with Crippen molar-refractivity contribution in [2.45, 2.75) is 25.9 Å². The van der Waals surface area contributed by atoms with Crippen LogP contribution in [0.15, 0.2) is 24.4 Å². The van der Waals surface area contributed by atoms with Gasteiger partial charge in [0, 0.05) is 28.6 Å². The van der Waals surface area contributed by atoms with Crippen molar-refractivity contribution in [1.82, 2.24) is 20.1 Å². The van der Waals surface area contributed by atoms with Gasteiger partial charge >= 0.3 is 5.97 Å². The van der Waals surface area contributed by atoms with Gasteiger partial charge < -0.3 is 4.74 Å². The molecule has 26 heavy (non-hydrogen) atoms. The third-order valence-electron chi connectivity index (χ3n) is 5.48. The van der Waals surface area contributed by atoms with Crippen LogP contribution < -0.4 is 0 Å². The number of esters is 1. The number of benzene rings is 1. The second kappa shape index (κ2) is 6.17. The van der Waals surface area contributed by atoms with E-state index in [1.54, 1.807) is 11.3 Å². The van der Waals surface area contributed by atoms with Crippen LogP contribution in [-0.2, 0) is 4.74 Å². The number of nitrogens with zero attached hydrogens (tertiary/aromatic N) is 3. The molecule has 3 fully saturated rings. The molecule has 134 valence electrons. The molecule has 1 atom stereocenters. The maximum Gasteiger partial charge on any atom is 0.359 e. The molecule has 0 aliphatic carbocycles. The van der Waals surface area contributed by atoms with Crippen LogP contribution in [0, 0.1) is 12.8 Å². The van der Waals surface area contributed by atoms with Crippen LogP contribution in [-0.4, -0.2) is 51.8 Å². The Kier molecular flexibility index (Phi) is 3.79. The van der Waals surface area contributed by atoms with E-state index in [1.807, 2.05) is 31.3 Å². The molecule has 0 unspecified atom stereocenters. The minimum absolute atomic E-state index is 0.0125. The lowest BCUT2D eigenvalue weighted by atomic mass is 9.86. The molecular formula is C19H20N4O2S. The molecule has 0 radical (unpaired) electrons. The molecule has 1 N–H and O–H groups in total. The van der Waals surface area contributed by atoms with Crippen molar-refractivity contribution in [3.05, 3.63) is 35.0 Å². The number of H-pyrrole nitrogens is 1. The number of carbonyl (C=O) groups is 1. The Morgan fingerprint density at radius 3 is 2.88 bits per heavy atom. The van der Waals surface area contributed by atoms with Crippen molar-refractivity contribution < 1.29 is 9.53 Å². The molecule has 1 aromatic carbocycles. The molecule has 2 aromatic heterocycles. The number of aromatic nitrogens is 3. The SMILES string of the molecule is Cc1cnc(-c2ccc3[nH]nc(C(=O)O[C@H]4CN5CCC4CC5)c3c2)s1. The van der Waals surface area contributed by atoms with E-state index < -0.39 is 0 Å². The van der Waals surface area contributed by atoms with Gasteiger partial charge in [0.2, 0.25) is 0 Å². The zero-order valence-corrected chi connectivity index (χ0v) is 15.4. The first-order valence-corrected chi connectivity index (χ1v) is 9.83. The lowest BCUT2D eigenvalue weighted by molar-refractivity contribution is -0.0458. The number of fused-ring (bicyclic) bond motifs is 4. The monoisotopic (exact) mass is 368 g/mol. The third kappa shape index (κ3) is 2.71. The fourth-order valence-electron chi connectivity index (χ4n) is 4.03. The van der Waals surface area contributed by atoms with Gasteiger partial charge in [0.1, 0.15) is 11.1 Å². The predicted octanol–water partition coefficient (Wildman–Crippen LogP) is 3.25. The highest BCUT2D eigenvalue weighted by molar-refractivity contribution is 7.14. The maximum absolute atomic E-state index is 12.8. The van der Waals surface area contributed by atoms with E-state index in [9.17, 15) is 4.79 Å². The maximum atomic E-state index is 12.8. The Bertz CT molecular complexity index is 971. The summed E-state index contributed by atoms with van der Waals surface area (Å²) in [5, 5.41) is 8.92. The minimum Gasteiger partial charge on any atom is -0.456 e. The topological polar surface area (TPSA) is 71.1 Å². The number of aromatic amines is 1. The molecular weight excluding hydrogens is 348 g/mol. The first kappa shape index (κ1) is 16.0. The largest absolute Gasteiger partial charge is 0.456 e. The number of hydrogen-bond donors (Lipinski definition) is 1.